The monoisotopic (exact) mass is 345 g/mol. The SMILES string of the molecule is COCC(=O)NC1CN(C(=O)Nc2cc(F)c(SC)c(F)c2)C1. The predicted octanol–water partition coefficient (Wildman–Crippen LogP) is 1.67. The van der Waals surface area contributed by atoms with Crippen molar-refractivity contribution in [2.24, 2.45) is 0 Å². The van der Waals surface area contributed by atoms with Gasteiger partial charge in [-0.25, -0.2) is 13.6 Å². The minimum absolute atomic E-state index is 0.0387. The standard InChI is InChI=1S/C14H17F2N3O3S/c1-22-7-12(20)17-9-5-19(6-9)14(21)18-8-3-10(15)13(23-2)11(16)4-8/h3-4,9H,5-7H2,1-2H3,(H,17,20)(H,18,21). The highest BCUT2D eigenvalue weighted by Gasteiger charge is 2.31. The maximum Gasteiger partial charge on any atom is 0.321 e. The fourth-order valence-corrected chi connectivity index (χ4v) is 2.67. The molecule has 1 aliphatic heterocycles. The van der Waals surface area contributed by atoms with Crippen LogP contribution in [0.25, 0.3) is 0 Å². The van der Waals surface area contributed by atoms with Gasteiger partial charge in [0.05, 0.1) is 10.9 Å². The molecule has 6 nitrogen and oxygen atoms in total. The average Bonchev–Trinajstić information content (AvgIpc) is 2.42. The summed E-state index contributed by atoms with van der Waals surface area (Å²) in [5.41, 5.74) is 0.0506. The number of carbonyl (C=O) groups excluding carboxylic acids is 2. The number of halogens is 2. The molecule has 1 fully saturated rings. The number of likely N-dealkylation sites (tertiary alicyclic amines) is 1. The zero-order chi connectivity index (χ0) is 17.0. The molecule has 126 valence electrons. The molecule has 0 saturated carbocycles. The molecule has 1 aromatic carbocycles. The molecule has 0 bridgehead atoms. The van der Waals surface area contributed by atoms with Crippen molar-refractivity contribution in [1.29, 1.82) is 0 Å². The van der Waals surface area contributed by atoms with Gasteiger partial charge in [-0.1, -0.05) is 0 Å². The average molecular weight is 345 g/mol. The molecule has 1 saturated heterocycles. The molecule has 1 aliphatic rings. The summed E-state index contributed by atoms with van der Waals surface area (Å²) in [5.74, 6) is -1.70. The predicted molar refractivity (Wildman–Crippen MR) is 82.5 cm³/mol. The van der Waals surface area contributed by atoms with Gasteiger partial charge in [0, 0.05) is 25.9 Å². The first-order valence-corrected chi connectivity index (χ1v) is 8.04. The number of anilines is 1. The van der Waals surface area contributed by atoms with Crippen LogP contribution in [0.2, 0.25) is 0 Å². The van der Waals surface area contributed by atoms with Crippen LogP contribution >= 0.6 is 11.8 Å². The highest BCUT2D eigenvalue weighted by atomic mass is 32.2. The molecule has 0 spiro atoms. The summed E-state index contributed by atoms with van der Waals surface area (Å²) in [5, 5.41) is 5.13. The van der Waals surface area contributed by atoms with Crippen LogP contribution < -0.4 is 10.6 Å². The molecule has 0 unspecified atom stereocenters. The smallest absolute Gasteiger partial charge is 0.321 e. The number of amides is 3. The van der Waals surface area contributed by atoms with Crippen LogP contribution in [0.15, 0.2) is 17.0 Å². The van der Waals surface area contributed by atoms with Crippen molar-refractivity contribution < 1.29 is 23.1 Å². The number of carbonyl (C=O) groups is 2. The van der Waals surface area contributed by atoms with E-state index in [-0.39, 0.29) is 29.1 Å². The van der Waals surface area contributed by atoms with E-state index in [0.29, 0.717) is 13.1 Å². The van der Waals surface area contributed by atoms with Crippen molar-refractivity contribution in [2.45, 2.75) is 10.9 Å². The first-order valence-electron chi connectivity index (χ1n) is 6.81. The lowest BCUT2D eigenvalue weighted by atomic mass is 10.1. The number of ether oxygens (including phenoxy) is 1. The van der Waals surface area contributed by atoms with E-state index in [1.165, 1.54) is 12.0 Å². The second-order valence-corrected chi connectivity index (χ2v) is 5.82. The van der Waals surface area contributed by atoms with Crippen molar-refractivity contribution in [3.05, 3.63) is 23.8 Å². The fourth-order valence-electron chi connectivity index (χ4n) is 2.17. The number of methoxy groups -OCH3 is 1. The Kier molecular flexibility index (Phi) is 5.78. The molecule has 0 aliphatic carbocycles. The molecule has 0 aromatic heterocycles. The second kappa shape index (κ2) is 7.60. The summed E-state index contributed by atoms with van der Waals surface area (Å²) in [4.78, 5) is 24.6. The van der Waals surface area contributed by atoms with Crippen LogP contribution in [0.4, 0.5) is 19.3 Å². The Morgan fingerprint density at radius 3 is 2.48 bits per heavy atom. The van der Waals surface area contributed by atoms with Gasteiger partial charge in [0.25, 0.3) is 0 Å². The van der Waals surface area contributed by atoms with Crippen LogP contribution in [0, 0.1) is 11.6 Å². The Morgan fingerprint density at radius 1 is 1.35 bits per heavy atom. The molecule has 0 radical (unpaired) electrons. The number of urea groups is 1. The maximum atomic E-state index is 13.7. The lowest BCUT2D eigenvalue weighted by Crippen LogP contribution is -2.62. The van der Waals surface area contributed by atoms with Crippen LogP contribution in [-0.2, 0) is 9.53 Å². The van der Waals surface area contributed by atoms with Gasteiger partial charge in [-0.15, -0.1) is 11.8 Å². The Labute approximate surface area is 136 Å². The van der Waals surface area contributed by atoms with Gasteiger partial charge in [-0.2, -0.15) is 0 Å². The fraction of sp³-hybridized carbons (Fsp3) is 0.429. The Bertz CT molecular complexity index is 586. The van der Waals surface area contributed by atoms with Crippen LogP contribution in [0.3, 0.4) is 0 Å². The number of hydrogen-bond acceptors (Lipinski definition) is 4. The van der Waals surface area contributed by atoms with Crippen molar-refractivity contribution in [3.8, 4) is 0 Å². The van der Waals surface area contributed by atoms with Crippen molar-refractivity contribution in [3.63, 3.8) is 0 Å². The first kappa shape index (κ1) is 17.5. The molecule has 2 N–H and O–H groups in total. The highest BCUT2D eigenvalue weighted by Crippen LogP contribution is 2.26. The van der Waals surface area contributed by atoms with E-state index in [9.17, 15) is 18.4 Å². The molecule has 9 heteroatoms. The number of nitrogens with one attached hydrogen (secondary N) is 2. The Hall–Kier alpha value is -1.87. The van der Waals surface area contributed by atoms with Gasteiger partial charge in [0.2, 0.25) is 5.91 Å². The number of benzene rings is 1. The lowest BCUT2D eigenvalue weighted by Gasteiger charge is -2.39. The summed E-state index contributed by atoms with van der Waals surface area (Å²) in [7, 11) is 1.42. The third-order valence-corrected chi connectivity index (χ3v) is 4.06. The third kappa shape index (κ3) is 4.32. The quantitative estimate of drug-likeness (QED) is 0.797. The molecule has 23 heavy (non-hydrogen) atoms. The minimum atomic E-state index is -0.721. The van der Waals surface area contributed by atoms with E-state index in [1.807, 2.05) is 0 Å². The number of hydrogen-bond donors (Lipinski definition) is 2. The summed E-state index contributed by atoms with van der Waals surface area (Å²) >= 11 is 0.958. The summed E-state index contributed by atoms with van der Waals surface area (Å²) < 4.78 is 32.0. The molecular weight excluding hydrogens is 328 g/mol. The minimum Gasteiger partial charge on any atom is -0.375 e. The van der Waals surface area contributed by atoms with Gasteiger partial charge in [-0.05, 0) is 18.4 Å². The second-order valence-electron chi connectivity index (χ2n) is 5.01. The summed E-state index contributed by atoms with van der Waals surface area (Å²) in [6, 6.07) is 1.53. The largest absolute Gasteiger partial charge is 0.375 e. The van der Waals surface area contributed by atoms with Gasteiger partial charge < -0.3 is 20.3 Å². The van der Waals surface area contributed by atoms with E-state index in [4.69, 9.17) is 0 Å². The van der Waals surface area contributed by atoms with Crippen LogP contribution in [0.1, 0.15) is 0 Å². The lowest BCUT2D eigenvalue weighted by molar-refractivity contribution is -0.126. The molecular formula is C14H17F2N3O3S. The molecule has 2 rings (SSSR count). The van der Waals surface area contributed by atoms with Gasteiger partial charge in [0.15, 0.2) is 0 Å². The Balaban J connectivity index is 1.86. The van der Waals surface area contributed by atoms with Crippen molar-refractivity contribution in [1.82, 2.24) is 10.2 Å². The molecule has 3 amide bonds. The van der Waals surface area contributed by atoms with Crippen molar-refractivity contribution in [2.75, 3.05) is 38.4 Å². The summed E-state index contributed by atoms with van der Waals surface area (Å²) in [6.45, 7) is 0.618. The van der Waals surface area contributed by atoms with E-state index < -0.39 is 17.7 Å². The van der Waals surface area contributed by atoms with E-state index in [1.54, 1.807) is 6.26 Å². The number of thioether (sulfide) groups is 1. The maximum absolute atomic E-state index is 13.7. The highest BCUT2D eigenvalue weighted by molar-refractivity contribution is 7.98. The summed E-state index contributed by atoms with van der Waals surface area (Å²) in [6.07, 6.45) is 1.57. The van der Waals surface area contributed by atoms with Crippen LogP contribution in [-0.4, -0.2) is 55.9 Å². The zero-order valence-electron chi connectivity index (χ0n) is 12.7. The van der Waals surface area contributed by atoms with Crippen LogP contribution in [0.5, 0.6) is 0 Å². The first-order chi connectivity index (χ1) is 10.9. The topological polar surface area (TPSA) is 70.7 Å². The number of nitrogens with zero attached hydrogens (tertiary/aromatic N) is 1. The van der Waals surface area contributed by atoms with Gasteiger partial charge in [-0.3, -0.25) is 4.79 Å². The van der Waals surface area contributed by atoms with Gasteiger partial charge in [0.1, 0.15) is 18.2 Å². The zero-order valence-corrected chi connectivity index (χ0v) is 13.5. The van der Waals surface area contributed by atoms with E-state index in [0.717, 1.165) is 23.9 Å². The Morgan fingerprint density at radius 2 is 1.96 bits per heavy atom. The van der Waals surface area contributed by atoms with E-state index >= 15 is 0 Å². The molecule has 0 atom stereocenters. The van der Waals surface area contributed by atoms with Crippen molar-refractivity contribution >= 4 is 29.4 Å². The third-order valence-electron chi connectivity index (χ3n) is 3.26. The van der Waals surface area contributed by atoms with Gasteiger partial charge >= 0.3 is 6.03 Å². The van der Waals surface area contributed by atoms with E-state index in [2.05, 4.69) is 15.4 Å². The normalized spacial score (nSPS) is 14.3. The molecule has 1 heterocycles. The molecule has 1 aromatic rings. The number of rotatable bonds is 5.